The normalized spacial score (nSPS) is 25.7. The fourth-order valence-electron chi connectivity index (χ4n) is 8.29. The average Bonchev–Trinajstić information content (AvgIpc) is 3.89. The van der Waals surface area contributed by atoms with E-state index in [4.69, 9.17) is 18.9 Å². The topological polar surface area (TPSA) is 127 Å². The second-order valence-electron chi connectivity index (χ2n) is 15.7. The number of fused-ring (bicyclic) bond motifs is 2. The highest BCUT2D eigenvalue weighted by molar-refractivity contribution is 5.97. The van der Waals surface area contributed by atoms with E-state index in [0.717, 1.165) is 68.9 Å². The first-order chi connectivity index (χ1) is 26.7. The molecule has 6 rings (SSSR count). The van der Waals surface area contributed by atoms with Crippen LogP contribution in [0.5, 0.6) is 0 Å². The number of likely N-dealkylation sites (N-methyl/N-ethyl adjacent to an activating group) is 1. The maximum Gasteiger partial charge on any atom is 0.338 e. The largest absolute Gasteiger partial charge is 0.456 e. The average molecular weight is 757 g/mol. The van der Waals surface area contributed by atoms with Crippen molar-refractivity contribution in [2.45, 2.75) is 140 Å². The van der Waals surface area contributed by atoms with Crippen LogP contribution in [0.1, 0.15) is 112 Å². The fraction of sp³-hybridized carbons (Fsp3) is 0.578. The maximum absolute atomic E-state index is 14.4. The van der Waals surface area contributed by atoms with Crippen molar-refractivity contribution < 1.29 is 38.4 Å². The lowest BCUT2D eigenvalue weighted by Crippen LogP contribution is -2.51. The molecule has 2 heterocycles. The molecular formula is C45H60N2O8. The fourth-order valence-corrected chi connectivity index (χ4v) is 8.29. The van der Waals surface area contributed by atoms with Crippen LogP contribution in [0.2, 0.25) is 0 Å². The molecule has 2 amide bonds. The smallest absolute Gasteiger partial charge is 0.338 e. The number of carbonyl (C=O) groups is 3. The van der Waals surface area contributed by atoms with Gasteiger partial charge in [0.1, 0.15) is 24.4 Å². The van der Waals surface area contributed by atoms with Crippen LogP contribution in [0.3, 0.4) is 0 Å². The van der Waals surface area contributed by atoms with Gasteiger partial charge in [-0.15, -0.1) is 0 Å². The third kappa shape index (κ3) is 10.7. The van der Waals surface area contributed by atoms with E-state index < -0.39 is 36.1 Å². The van der Waals surface area contributed by atoms with Crippen LogP contribution in [-0.2, 0) is 35.0 Å². The molecule has 2 aliphatic heterocycles. The zero-order valence-corrected chi connectivity index (χ0v) is 32.8. The number of hydrogen-bond donors (Lipinski definition) is 2. The minimum atomic E-state index is -0.843. The van der Waals surface area contributed by atoms with Crippen LogP contribution >= 0.6 is 0 Å². The van der Waals surface area contributed by atoms with Gasteiger partial charge < -0.3 is 34.3 Å². The van der Waals surface area contributed by atoms with E-state index in [2.05, 4.69) is 31.3 Å². The Balaban J connectivity index is 1.22. The molecule has 55 heavy (non-hydrogen) atoms. The van der Waals surface area contributed by atoms with Crippen molar-refractivity contribution in [1.82, 2.24) is 10.2 Å². The summed E-state index contributed by atoms with van der Waals surface area (Å²) < 4.78 is 25.6. The Bertz CT molecular complexity index is 1630. The summed E-state index contributed by atoms with van der Waals surface area (Å²) in [5.41, 5.74) is 2.73. The highest BCUT2D eigenvalue weighted by Crippen LogP contribution is 2.44. The van der Waals surface area contributed by atoms with E-state index in [-0.39, 0.29) is 37.8 Å². The van der Waals surface area contributed by atoms with Crippen LogP contribution in [0.4, 0.5) is 0 Å². The summed E-state index contributed by atoms with van der Waals surface area (Å²) in [6.07, 6.45) is 16.3. The monoisotopic (exact) mass is 756 g/mol. The molecule has 7 atom stereocenters. The third-order valence-corrected chi connectivity index (χ3v) is 11.6. The highest BCUT2D eigenvalue weighted by atomic mass is 16.8. The number of carbonyl (C=O) groups excluding carboxylic acids is 3. The Morgan fingerprint density at radius 2 is 1.69 bits per heavy atom. The van der Waals surface area contributed by atoms with Crippen molar-refractivity contribution in [3.8, 4) is 0 Å². The number of esters is 1. The van der Waals surface area contributed by atoms with E-state index in [1.165, 1.54) is 4.90 Å². The summed E-state index contributed by atoms with van der Waals surface area (Å²) in [6, 6.07) is 16.1. The van der Waals surface area contributed by atoms with E-state index >= 15 is 0 Å². The molecule has 10 heteroatoms. The summed E-state index contributed by atoms with van der Waals surface area (Å²) in [4.78, 5) is 43.1. The van der Waals surface area contributed by atoms with E-state index in [9.17, 15) is 19.5 Å². The number of rotatable bonds is 19. The Labute approximate surface area is 326 Å². The lowest BCUT2D eigenvalue weighted by Gasteiger charge is -2.33. The van der Waals surface area contributed by atoms with Crippen molar-refractivity contribution in [1.29, 1.82) is 0 Å². The van der Waals surface area contributed by atoms with Gasteiger partial charge >= 0.3 is 5.97 Å². The Morgan fingerprint density at radius 3 is 2.36 bits per heavy atom. The van der Waals surface area contributed by atoms with Gasteiger partial charge in [0.15, 0.2) is 5.79 Å². The number of aliphatic hydroxyl groups excluding tert-OH is 1. The minimum Gasteiger partial charge on any atom is -0.456 e. The van der Waals surface area contributed by atoms with Gasteiger partial charge in [-0.3, -0.25) is 9.59 Å². The van der Waals surface area contributed by atoms with Gasteiger partial charge in [-0.05, 0) is 67.4 Å². The second kappa shape index (κ2) is 19.4. The first-order valence-electron chi connectivity index (χ1n) is 20.6. The molecule has 7 unspecified atom stereocenters. The summed E-state index contributed by atoms with van der Waals surface area (Å²) in [5.74, 6) is -1.54. The summed E-state index contributed by atoms with van der Waals surface area (Å²) in [5, 5.41) is 12.2. The van der Waals surface area contributed by atoms with E-state index in [1.807, 2.05) is 48.5 Å². The molecule has 0 spiro atoms. The van der Waals surface area contributed by atoms with Crippen molar-refractivity contribution >= 4 is 23.9 Å². The first kappa shape index (κ1) is 40.8. The molecule has 4 aliphatic rings. The minimum absolute atomic E-state index is 0.0773. The number of amides is 2. The molecule has 2 aromatic carbocycles. The van der Waals surface area contributed by atoms with Crippen molar-refractivity contribution in [2.24, 2.45) is 5.92 Å². The molecule has 1 saturated carbocycles. The highest BCUT2D eigenvalue weighted by Gasteiger charge is 2.53. The number of ether oxygens (including phenoxy) is 4. The van der Waals surface area contributed by atoms with Crippen molar-refractivity contribution in [3.63, 3.8) is 0 Å². The number of benzene rings is 2. The van der Waals surface area contributed by atoms with Crippen LogP contribution in [-0.4, -0.2) is 90.3 Å². The van der Waals surface area contributed by atoms with Crippen molar-refractivity contribution in [3.05, 3.63) is 89.0 Å². The van der Waals surface area contributed by atoms with E-state index in [1.54, 1.807) is 19.2 Å². The van der Waals surface area contributed by atoms with Crippen LogP contribution in [0.25, 0.3) is 6.08 Å². The van der Waals surface area contributed by atoms with E-state index in [0.29, 0.717) is 42.1 Å². The lowest BCUT2D eigenvalue weighted by molar-refractivity contribution is -0.190. The summed E-state index contributed by atoms with van der Waals surface area (Å²) >= 11 is 0. The van der Waals surface area contributed by atoms with Crippen LogP contribution in [0, 0.1) is 5.92 Å². The van der Waals surface area contributed by atoms with Gasteiger partial charge in [-0.1, -0.05) is 94.1 Å². The number of aliphatic hydroxyl groups is 1. The van der Waals surface area contributed by atoms with Gasteiger partial charge in [0.05, 0.1) is 24.4 Å². The predicted molar refractivity (Wildman–Crippen MR) is 211 cm³/mol. The van der Waals surface area contributed by atoms with Gasteiger partial charge in [-0.25, -0.2) is 4.79 Å². The number of allylic oxidation sites excluding steroid dienone is 1. The molecule has 3 fully saturated rings. The molecule has 2 aromatic rings. The van der Waals surface area contributed by atoms with Gasteiger partial charge in [0, 0.05) is 44.8 Å². The molecule has 10 nitrogen and oxygen atoms in total. The van der Waals surface area contributed by atoms with Crippen molar-refractivity contribution in [2.75, 3.05) is 20.2 Å². The summed E-state index contributed by atoms with van der Waals surface area (Å²) in [6.45, 7) is 4.19. The Kier molecular flexibility index (Phi) is 14.4. The third-order valence-electron chi connectivity index (χ3n) is 11.6. The predicted octanol–water partition coefficient (Wildman–Crippen LogP) is 6.94. The molecule has 2 aliphatic carbocycles. The van der Waals surface area contributed by atoms with Gasteiger partial charge in [0.25, 0.3) is 0 Å². The SMILES string of the molecule is CCCCCC1(CCCCC)OC2C=C(C(=O)N(C)C(Cc3ccccc3)C(=O)NCCO)CC(OC(=O)c3ccc(C=CC4CCC5OC5C4)cc3)C2O1. The van der Waals surface area contributed by atoms with Crippen LogP contribution < -0.4 is 5.32 Å². The quantitative estimate of drug-likeness (QED) is 0.0897. The van der Waals surface area contributed by atoms with Crippen LogP contribution in [0.15, 0.2) is 72.3 Å². The maximum atomic E-state index is 14.4. The Morgan fingerprint density at radius 1 is 0.964 bits per heavy atom. The second-order valence-corrected chi connectivity index (χ2v) is 15.7. The van der Waals surface area contributed by atoms with Gasteiger partial charge in [0.2, 0.25) is 11.8 Å². The zero-order chi connectivity index (χ0) is 38.8. The number of nitrogens with zero attached hydrogens (tertiary/aromatic N) is 1. The lowest BCUT2D eigenvalue weighted by atomic mass is 9.89. The summed E-state index contributed by atoms with van der Waals surface area (Å²) in [7, 11) is 1.62. The molecule has 0 bridgehead atoms. The molecule has 2 saturated heterocycles. The molecule has 2 N–H and O–H groups in total. The molecular weight excluding hydrogens is 697 g/mol. The molecule has 0 aromatic heterocycles. The number of epoxide rings is 1. The number of hydrogen-bond acceptors (Lipinski definition) is 8. The number of unbranched alkanes of at least 4 members (excludes halogenated alkanes) is 4. The van der Waals surface area contributed by atoms with Gasteiger partial charge in [-0.2, -0.15) is 0 Å². The molecule has 0 radical (unpaired) electrons. The Hall–Kier alpha value is -3.83. The number of nitrogens with one attached hydrogen (secondary N) is 1. The first-order valence-corrected chi connectivity index (χ1v) is 20.6. The zero-order valence-electron chi connectivity index (χ0n) is 32.8. The standard InChI is InChI=1S/C45H60N2O8/c1-4-6-11-23-45(24-12-7-5-2)54-40-30-35(43(50)47(3)36(42(49)46-25-26-48)27-32-13-9-8-10-14-32)29-39(41(40)55-45)53-44(51)34-20-17-31(18-21-34)15-16-33-19-22-37-38(28-33)52-37/h8-10,13-18,20-21,30,33,36-41,48H,4-7,11-12,19,22-29H2,1-3H3,(H,46,49). The molecule has 298 valence electrons.